The predicted molar refractivity (Wildman–Crippen MR) is 91.7 cm³/mol. The van der Waals surface area contributed by atoms with Crippen LogP contribution in [-0.2, 0) is 4.79 Å². The Morgan fingerprint density at radius 1 is 1.04 bits per heavy atom. The number of anilines is 2. The summed E-state index contributed by atoms with van der Waals surface area (Å²) in [4.78, 5) is 34.8. The average molecular weight is 347 g/mol. The molecule has 0 radical (unpaired) electrons. The van der Waals surface area contributed by atoms with Gasteiger partial charge in [-0.3, -0.25) is 9.59 Å². The number of hydrogen-bond donors (Lipinski definition) is 3. The molecule has 0 saturated carbocycles. The Balaban J connectivity index is 2.17. The van der Waals surface area contributed by atoms with Crippen LogP contribution in [-0.4, -0.2) is 22.9 Å². The van der Waals surface area contributed by atoms with Crippen molar-refractivity contribution in [2.24, 2.45) is 0 Å². The van der Waals surface area contributed by atoms with Crippen molar-refractivity contribution in [3.05, 3.63) is 58.6 Å². The van der Waals surface area contributed by atoms with Crippen LogP contribution in [0.1, 0.15) is 34.1 Å². The molecule has 2 aromatic carbocycles. The van der Waals surface area contributed by atoms with Gasteiger partial charge in [0, 0.05) is 22.7 Å². The number of amides is 2. The van der Waals surface area contributed by atoms with Crippen LogP contribution in [0, 0.1) is 0 Å². The molecule has 0 bridgehead atoms. The van der Waals surface area contributed by atoms with Crippen molar-refractivity contribution in [1.29, 1.82) is 0 Å². The molecular weight excluding hydrogens is 332 g/mol. The second kappa shape index (κ2) is 7.61. The van der Waals surface area contributed by atoms with E-state index >= 15 is 0 Å². The maximum absolute atomic E-state index is 12.3. The largest absolute Gasteiger partial charge is 0.478 e. The average Bonchev–Trinajstić information content (AvgIpc) is 2.55. The summed E-state index contributed by atoms with van der Waals surface area (Å²) in [6.45, 7) is 1.74. The minimum absolute atomic E-state index is 0.0559. The standard InChI is InChI=1S/C17H15ClN2O4/c1-2-15(21)19-12-6-3-10(4-7-12)16(22)20-14-9-11(18)5-8-13(14)17(23)24/h3-9H,2H2,1H3,(H,19,21)(H,20,22)(H,23,24). The van der Waals surface area contributed by atoms with Gasteiger partial charge in [0.05, 0.1) is 11.3 Å². The summed E-state index contributed by atoms with van der Waals surface area (Å²) in [5, 5.41) is 14.7. The van der Waals surface area contributed by atoms with Crippen LogP contribution in [0.2, 0.25) is 5.02 Å². The lowest BCUT2D eigenvalue weighted by Gasteiger charge is -2.10. The molecule has 0 aliphatic carbocycles. The van der Waals surface area contributed by atoms with E-state index in [0.717, 1.165) is 0 Å². The Morgan fingerprint density at radius 3 is 2.29 bits per heavy atom. The quantitative estimate of drug-likeness (QED) is 0.770. The zero-order valence-electron chi connectivity index (χ0n) is 12.8. The summed E-state index contributed by atoms with van der Waals surface area (Å²) in [6, 6.07) is 10.4. The highest BCUT2D eigenvalue weighted by Crippen LogP contribution is 2.22. The first-order valence-electron chi connectivity index (χ1n) is 7.15. The summed E-state index contributed by atoms with van der Waals surface area (Å²) in [5.41, 5.74) is 0.955. The second-order valence-electron chi connectivity index (χ2n) is 4.93. The summed E-state index contributed by atoms with van der Waals surface area (Å²) in [6.07, 6.45) is 0.356. The molecule has 2 aromatic rings. The molecule has 0 atom stereocenters. The maximum atomic E-state index is 12.3. The van der Waals surface area contributed by atoms with Gasteiger partial charge in [-0.05, 0) is 42.5 Å². The van der Waals surface area contributed by atoms with Crippen LogP contribution < -0.4 is 10.6 Å². The number of rotatable bonds is 5. The summed E-state index contributed by atoms with van der Waals surface area (Å²) in [5.74, 6) is -1.77. The van der Waals surface area contributed by atoms with E-state index in [1.807, 2.05) is 0 Å². The fraction of sp³-hybridized carbons (Fsp3) is 0.118. The van der Waals surface area contributed by atoms with E-state index in [1.165, 1.54) is 30.3 Å². The molecule has 2 rings (SSSR count). The lowest BCUT2D eigenvalue weighted by atomic mass is 10.1. The van der Waals surface area contributed by atoms with Gasteiger partial charge >= 0.3 is 5.97 Å². The first kappa shape index (κ1) is 17.5. The van der Waals surface area contributed by atoms with Gasteiger partial charge < -0.3 is 15.7 Å². The van der Waals surface area contributed by atoms with Gasteiger partial charge in [-0.15, -0.1) is 0 Å². The molecule has 0 saturated heterocycles. The SMILES string of the molecule is CCC(=O)Nc1ccc(C(=O)Nc2cc(Cl)ccc2C(=O)O)cc1. The van der Waals surface area contributed by atoms with Crippen molar-refractivity contribution in [2.45, 2.75) is 13.3 Å². The third kappa shape index (κ3) is 4.33. The predicted octanol–water partition coefficient (Wildman–Crippen LogP) is 3.64. The monoisotopic (exact) mass is 346 g/mol. The number of halogens is 1. The van der Waals surface area contributed by atoms with Crippen LogP contribution in [0.4, 0.5) is 11.4 Å². The topological polar surface area (TPSA) is 95.5 Å². The maximum Gasteiger partial charge on any atom is 0.337 e. The van der Waals surface area contributed by atoms with Crippen molar-refractivity contribution in [2.75, 3.05) is 10.6 Å². The lowest BCUT2D eigenvalue weighted by molar-refractivity contribution is -0.115. The molecule has 2 amide bonds. The van der Waals surface area contributed by atoms with Gasteiger partial charge in [-0.2, -0.15) is 0 Å². The number of carboxylic acid groups (broad SMARTS) is 1. The van der Waals surface area contributed by atoms with Gasteiger partial charge in [0.25, 0.3) is 5.91 Å². The number of hydrogen-bond acceptors (Lipinski definition) is 3. The molecule has 0 fully saturated rings. The van der Waals surface area contributed by atoms with E-state index in [9.17, 15) is 14.4 Å². The molecule has 3 N–H and O–H groups in total. The minimum Gasteiger partial charge on any atom is -0.478 e. The summed E-state index contributed by atoms with van der Waals surface area (Å²) in [7, 11) is 0. The van der Waals surface area contributed by atoms with Gasteiger partial charge in [0.15, 0.2) is 0 Å². The second-order valence-corrected chi connectivity index (χ2v) is 5.36. The Morgan fingerprint density at radius 2 is 1.71 bits per heavy atom. The van der Waals surface area contributed by atoms with Gasteiger partial charge in [-0.25, -0.2) is 4.79 Å². The molecule has 0 aliphatic heterocycles. The molecule has 0 aromatic heterocycles. The molecule has 0 aliphatic rings. The van der Waals surface area contributed by atoms with Crippen molar-refractivity contribution < 1.29 is 19.5 Å². The molecule has 24 heavy (non-hydrogen) atoms. The summed E-state index contributed by atoms with van der Waals surface area (Å²) < 4.78 is 0. The number of carbonyl (C=O) groups excluding carboxylic acids is 2. The van der Waals surface area contributed by atoms with Gasteiger partial charge in [0.1, 0.15) is 0 Å². The number of benzene rings is 2. The van der Waals surface area contributed by atoms with Crippen molar-refractivity contribution >= 4 is 40.8 Å². The first-order valence-corrected chi connectivity index (χ1v) is 7.52. The summed E-state index contributed by atoms with van der Waals surface area (Å²) >= 11 is 5.85. The van der Waals surface area contributed by atoms with E-state index < -0.39 is 11.9 Å². The number of aromatic carboxylic acids is 1. The Kier molecular flexibility index (Phi) is 5.55. The third-order valence-corrected chi connectivity index (χ3v) is 3.45. The highest BCUT2D eigenvalue weighted by Gasteiger charge is 2.14. The van der Waals surface area contributed by atoms with E-state index in [4.69, 9.17) is 16.7 Å². The smallest absolute Gasteiger partial charge is 0.337 e. The van der Waals surface area contributed by atoms with Gasteiger partial charge in [-0.1, -0.05) is 18.5 Å². The van der Waals surface area contributed by atoms with Gasteiger partial charge in [0.2, 0.25) is 5.91 Å². The van der Waals surface area contributed by atoms with Crippen LogP contribution in [0.5, 0.6) is 0 Å². The molecule has 0 spiro atoms. The van der Waals surface area contributed by atoms with Crippen LogP contribution >= 0.6 is 11.6 Å². The normalized spacial score (nSPS) is 10.1. The molecule has 124 valence electrons. The van der Waals surface area contributed by atoms with Crippen molar-refractivity contribution in [3.63, 3.8) is 0 Å². The Bertz CT molecular complexity index is 788. The molecule has 6 nitrogen and oxygen atoms in total. The minimum atomic E-state index is -1.17. The Labute approximate surface area is 143 Å². The molecular formula is C17H15ClN2O4. The van der Waals surface area contributed by atoms with E-state index in [0.29, 0.717) is 22.7 Å². The number of carboxylic acids is 1. The first-order chi connectivity index (χ1) is 11.4. The van der Waals surface area contributed by atoms with E-state index in [2.05, 4.69) is 10.6 Å². The molecule has 0 heterocycles. The van der Waals surface area contributed by atoms with E-state index in [-0.39, 0.29) is 17.2 Å². The fourth-order valence-corrected chi connectivity index (χ4v) is 2.13. The van der Waals surface area contributed by atoms with Crippen molar-refractivity contribution in [3.8, 4) is 0 Å². The van der Waals surface area contributed by atoms with Crippen LogP contribution in [0.15, 0.2) is 42.5 Å². The van der Waals surface area contributed by atoms with Crippen LogP contribution in [0.25, 0.3) is 0 Å². The number of nitrogens with one attached hydrogen (secondary N) is 2. The Hall–Kier alpha value is -2.86. The van der Waals surface area contributed by atoms with E-state index in [1.54, 1.807) is 19.1 Å². The van der Waals surface area contributed by atoms with Crippen LogP contribution in [0.3, 0.4) is 0 Å². The molecule has 0 unspecified atom stereocenters. The highest BCUT2D eigenvalue weighted by atomic mass is 35.5. The van der Waals surface area contributed by atoms with Crippen molar-refractivity contribution in [1.82, 2.24) is 0 Å². The number of carbonyl (C=O) groups is 3. The zero-order valence-corrected chi connectivity index (χ0v) is 13.6. The highest BCUT2D eigenvalue weighted by molar-refractivity contribution is 6.31. The molecule has 7 heteroatoms. The third-order valence-electron chi connectivity index (χ3n) is 3.21. The fourth-order valence-electron chi connectivity index (χ4n) is 1.96. The zero-order chi connectivity index (χ0) is 17.7. The lowest BCUT2D eigenvalue weighted by Crippen LogP contribution is -2.15.